The maximum absolute atomic E-state index is 13.2. The summed E-state index contributed by atoms with van der Waals surface area (Å²) in [5, 5.41) is 12.2. The first-order valence-electron chi connectivity index (χ1n) is 10.7. The van der Waals surface area contributed by atoms with Gasteiger partial charge in [0.25, 0.3) is 0 Å². The molecule has 2 aromatic carbocycles. The first-order chi connectivity index (χ1) is 16.1. The Kier molecular flexibility index (Phi) is 7.83. The number of carbonyl (C=O) groups is 4. The molecule has 0 aromatic heterocycles. The summed E-state index contributed by atoms with van der Waals surface area (Å²) in [6.45, 7) is 0.127. The smallest absolute Gasteiger partial charge is 0.414 e. The SMILES string of the molecule is CN(C)C(=O)Oc1ccc(C[C@H](NC(=O)[C@@H]2CCC(=O)N2Cc2ccc(F)cc2)C(=O)O)cc1. The number of hydrogen-bond donors (Lipinski definition) is 2. The van der Waals surface area contributed by atoms with Crippen molar-refractivity contribution in [2.45, 2.75) is 37.9 Å². The fourth-order valence-corrected chi connectivity index (χ4v) is 3.58. The number of likely N-dealkylation sites (tertiary alicyclic amines) is 1. The topological polar surface area (TPSA) is 116 Å². The van der Waals surface area contributed by atoms with E-state index < -0.39 is 35.9 Å². The molecule has 34 heavy (non-hydrogen) atoms. The second-order valence-corrected chi connectivity index (χ2v) is 8.21. The van der Waals surface area contributed by atoms with E-state index in [0.717, 1.165) is 0 Å². The molecule has 0 aliphatic carbocycles. The highest BCUT2D eigenvalue weighted by Crippen LogP contribution is 2.22. The van der Waals surface area contributed by atoms with Crippen LogP contribution < -0.4 is 10.1 Å². The molecule has 2 N–H and O–H groups in total. The van der Waals surface area contributed by atoms with Crippen LogP contribution in [0.1, 0.15) is 24.0 Å². The molecule has 10 heteroatoms. The van der Waals surface area contributed by atoms with Crippen LogP contribution in [0, 0.1) is 5.82 Å². The van der Waals surface area contributed by atoms with Gasteiger partial charge in [-0.05, 0) is 41.8 Å². The fraction of sp³-hybridized carbons (Fsp3) is 0.333. The zero-order chi connectivity index (χ0) is 24.8. The zero-order valence-corrected chi connectivity index (χ0v) is 18.9. The molecule has 0 saturated carbocycles. The van der Waals surface area contributed by atoms with E-state index in [2.05, 4.69) is 5.32 Å². The van der Waals surface area contributed by atoms with Crippen LogP contribution in [0.4, 0.5) is 9.18 Å². The van der Waals surface area contributed by atoms with E-state index in [0.29, 0.717) is 16.9 Å². The van der Waals surface area contributed by atoms with Crippen LogP contribution >= 0.6 is 0 Å². The normalized spacial score (nSPS) is 16.1. The number of rotatable bonds is 8. The van der Waals surface area contributed by atoms with E-state index in [9.17, 15) is 28.7 Å². The molecule has 180 valence electrons. The van der Waals surface area contributed by atoms with Crippen molar-refractivity contribution < 1.29 is 33.4 Å². The number of halogens is 1. The number of nitrogens with zero attached hydrogens (tertiary/aromatic N) is 2. The Morgan fingerprint density at radius 3 is 2.32 bits per heavy atom. The lowest BCUT2D eigenvalue weighted by Gasteiger charge is -2.26. The molecule has 3 rings (SSSR count). The molecular formula is C24H26FN3O6. The second-order valence-electron chi connectivity index (χ2n) is 8.21. The minimum atomic E-state index is -1.22. The number of amides is 3. The minimum Gasteiger partial charge on any atom is -0.480 e. The standard InChI is InChI=1S/C24H26FN3O6/c1-27(2)24(33)34-18-9-5-15(6-10-18)13-19(23(31)32)26-22(30)20-11-12-21(29)28(20)14-16-3-7-17(25)8-4-16/h3-10,19-20H,11-14H2,1-2H3,(H,26,30)(H,31,32)/t19-,20-/m0/s1. The van der Waals surface area contributed by atoms with Crippen molar-refractivity contribution in [3.05, 3.63) is 65.5 Å². The lowest BCUT2D eigenvalue weighted by Crippen LogP contribution is -2.50. The van der Waals surface area contributed by atoms with Gasteiger partial charge >= 0.3 is 12.1 Å². The number of ether oxygens (including phenoxy) is 1. The fourth-order valence-electron chi connectivity index (χ4n) is 3.58. The quantitative estimate of drug-likeness (QED) is 0.610. The van der Waals surface area contributed by atoms with Gasteiger partial charge in [0.05, 0.1) is 0 Å². The summed E-state index contributed by atoms with van der Waals surface area (Å²) in [7, 11) is 3.10. The van der Waals surface area contributed by atoms with E-state index in [4.69, 9.17) is 4.74 Å². The Morgan fingerprint density at radius 2 is 1.74 bits per heavy atom. The highest BCUT2D eigenvalue weighted by molar-refractivity contribution is 5.93. The summed E-state index contributed by atoms with van der Waals surface area (Å²) in [6, 6.07) is 9.90. The van der Waals surface area contributed by atoms with Crippen molar-refractivity contribution in [1.82, 2.24) is 15.1 Å². The van der Waals surface area contributed by atoms with Crippen molar-refractivity contribution in [3.8, 4) is 5.75 Å². The highest BCUT2D eigenvalue weighted by atomic mass is 19.1. The van der Waals surface area contributed by atoms with Gasteiger partial charge in [-0.2, -0.15) is 0 Å². The van der Waals surface area contributed by atoms with Gasteiger partial charge in [-0.3, -0.25) is 9.59 Å². The van der Waals surface area contributed by atoms with E-state index in [1.165, 1.54) is 46.2 Å². The first kappa shape index (κ1) is 24.7. The van der Waals surface area contributed by atoms with Crippen LogP contribution in [0.25, 0.3) is 0 Å². The highest BCUT2D eigenvalue weighted by Gasteiger charge is 2.37. The Labute approximate surface area is 196 Å². The van der Waals surface area contributed by atoms with Gasteiger partial charge in [-0.25, -0.2) is 14.0 Å². The summed E-state index contributed by atoms with van der Waals surface area (Å²) in [6.07, 6.45) is -0.102. The van der Waals surface area contributed by atoms with E-state index in [1.54, 1.807) is 26.2 Å². The number of benzene rings is 2. The number of carbonyl (C=O) groups excluding carboxylic acids is 3. The Bertz CT molecular complexity index is 1060. The lowest BCUT2D eigenvalue weighted by molar-refractivity contribution is -0.143. The van der Waals surface area contributed by atoms with Crippen molar-refractivity contribution >= 4 is 23.9 Å². The third-order valence-electron chi connectivity index (χ3n) is 5.45. The third-order valence-corrected chi connectivity index (χ3v) is 5.45. The summed E-state index contributed by atoms with van der Waals surface area (Å²) < 4.78 is 18.3. The molecule has 1 fully saturated rings. The lowest BCUT2D eigenvalue weighted by atomic mass is 10.0. The predicted octanol–water partition coefficient (Wildman–Crippen LogP) is 2.19. The molecule has 0 spiro atoms. The third kappa shape index (κ3) is 6.31. The number of carboxylic acid groups (broad SMARTS) is 1. The Morgan fingerprint density at radius 1 is 1.12 bits per heavy atom. The van der Waals surface area contributed by atoms with Crippen LogP contribution in [-0.2, 0) is 27.3 Å². The van der Waals surface area contributed by atoms with Crippen LogP contribution in [0.2, 0.25) is 0 Å². The Balaban J connectivity index is 1.64. The minimum absolute atomic E-state index is 0.00160. The number of carboxylic acids is 1. The molecule has 1 aliphatic rings. The average molecular weight is 471 g/mol. The van der Waals surface area contributed by atoms with Crippen molar-refractivity contribution in [2.75, 3.05) is 14.1 Å². The molecule has 3 amide bonds. The molecule has 2 atom stereocenters. The first-order valence-corrected chi connectivity index (χ1v) is 10.7. The summed E-state index contributed by atoms with van der Waals surface area (Å²) in [5.74, 6) is -2.10. The van der Waals surface area contributed by atoms with Gasteiger partial charge < -0.3 is 25.0 Å². The van der Waals surface area contributed by atoms with Gasteiger partial charge in [0.2, 0.25) is 11.8 Å². The van der Waals surface area contributed by atoms with Gasteiger partial charge in [-0.1, -0.05) is 24.3 Å². The molecule has 0 radical (unpaired) electrons. The molecule has 2 aromatic rings. The van der Waals surface area contributed by atoms with Crippen LogP contribution in [0.5, 0.6) is 5.75 Å². The van der Waals surface area contributed by atoms with Gasteiger partial charge in [-0.15, -0.1) is 0 Å². The zero-order valence-electron chi connectivity index (χ0n) is 18.9. The number of aliphatic carboxylic acids is 1. The van der Waals surface area contributed by atoms with Gasteiger partial charge in [0.15, 0.2) is 0 Å². The van der Waals surface area contributed by atoms with Gasteiger partial charge in [0.1, 0.15) is 23.7 Å². The van der Waals surface area contributed by atoms with E-state index in [1.807, 2.05) is 0 Å². The van der Waals surface area contributed by atoms with Crippen molar-refractivity contribution in [3.63, 3.8) is 0 Å². The monoisotopic (exact) mass is 471 g/mol. The van der Waals surface area contributed by atoms with Crippen LogP contribution in [-0.4, -0.2) is 65.0 Å². The largest absolute Gasteiger partial charge is 0.480 e. The van der Waals surface area contributed by atoms with E-state index >= 15 is 0 Å². The molecule has 0 unspecified atom stereocenters. The maximum Gasteiger partial charge on any atom is 0.414 e. The average Bonchev–Trinajstić information content (AvgIpc) is 3.16. The van der Waals surface area contributed by atoms with Gasteiger partial charge in [0, 0.05) is 33.5 Å². The van der Waals surface area contributed by atoms with Crippen LogP contribution in [0.15, 0.2) is 48.5 Å². The summed E-state index contributed by atoms with van der Waals surface area (Å²) >= 11 is 0. The number of nitrogens with one attached hydrogen (secondary N) is 1. The Hall–Kier alpha value is -3.95. The molecule has 1 saturated heterocycles. The molecule has 0 bridgehead atoms. The van der Waals surface area contributed by atoms with Crippen LogP contribution in [0.3, 0.4) is 0 Å². The molecule has 1 heterocycles. The predicted molar refractivity (Wildman–Crippen MR) is 119 cm³/mol. The molecule has 1 aliphatic heterocycles. The van der Waals surface area contributed by atoms with E-state index in [-0.39, 0.29) is 31.7 Å². The summed E-state index contributed by atoms with van der Waals surface area (Å²) in [4.78, 5) is 51.3. The molecular weight excluding hydrogens is 445 g/mol. The maximum atomic E-state index is 13.2. The second kappa shape index (κ2) is 10.8. The van der Waals surface area contributed by atoms with Crippen molar-refractivity contribution in [2.24, 2.45) is 0 Å². The summed E-state index contributed by atoms with van der Waals surface area (Å²) in [5.41, 5.74) is 1.28. The van der Waals surface area contributed by atoms with Crippen molar-refractivity contribution in [1.29, 1.82) is 0 Å². The molecule has 9 nitrogen and oxygen atoms in total. The number of hydrogen-bond acceptors (Lipinski definition) is 5.